The topological polar surface area (TPSA) is 67.3 Å². The van der Waals surface area contributed by atoms with Crippen LogP contribution in [0, 0.1) is 48.9 Å². The van der Waals surface area contributed by atoms with E-state index in [-0.39, 0.29) is 22.8 Å². The number of thiazole rings is 1. The lowest BCUT2D eigenvalue weighted by Crippen LogP contribution is -2.53. The molecule has 6 heteroatoms. The maximum atomic E-state index is 14.7. The number of rotatable bonds is 13. The van der Waals surface area contributed by atoms with Crippen LogP contribution >= 0.6 is 11.3 Å². The lowest BCUT2D eigenvalue weighted by Gasteiger charge is -2.56. The van der Waals surface area contributed by atoms with Crippen LogP contribution in [0.3, 0.4) is 0 Å². The molecule has 2 atom stereocenters. The first-order valence-corrected chi connectivity index (χ1v) is 20.1. The molecule has 1 aromatic heterocycles. The fourth-order valence-electron chi connectivity index (χ4n) is 10.3. The van der Waals surface area contributed by atoms with Crippen molar-refractivity contribution in [2.75, 3.05) is 18.0 Å². The van der Waals surface area contributed by atoms with Crippen molar-refractivity contribution >= 4 is 39.9 Å². The average molecular weight is 683 g/mol. The summed E-state index contributed by atoms with van der Waals surface area (Å²) in [5.74, 6) is 0.136. The van der Waals surface area contributed by atoms with Gasteiger partial charge in [0, 0.05) is 35.6 Å². The Labute approximate surface area is 299 Å². The quantitative estimate of drug-likeness (QED) is 0.155. The Morgan fingerprint density at radius 2 is 1.45 bits per heavy atom. The Balaban J connectivity index is 1.42. The van der Waals surface area contributed by atoms with Crippen molar-refractivity contribution < 1.29 is 14.4 Å². The number of anilines is 1. The highest BCUT2D eigenvalue weighted by Crippen LogP contribution is 2.61. The van der Waals surface area contributed by atoms with E-state index in [1.165, 1.54) is 36.0 Å². The molecule has 4 saturated carbocycles. The summed E-state index contributed by atoms with van der Waals surface area (Å²) in [6, 6.07) is 4.52. The second-order valence-electron chi connectivity index (χ2n) is 16.2. The molecule has 49 heavy (non-hydrogen) atoms. The van der Waals surface area contributed by atoms with E-state index >= 15 is 0 Å². The van der Waals surface area contributed by atoms with Crippen molar-refractivity contribution in [3.8, 4) is 11.3 Å². The largest absolute Gasteiger partial charge is 0.348 e. The summed E-state index contributed by atoms with van der Waals surface area (Å²) in [5, 5.41) is 0.988. The van der Waals surface area contributed by atoms with Crippen molar-refractivity contribution in [2.45, 2.75) is 126 Å². The molecule has 0 spiro atoms. The molecular weight excluding hydrogens is 625 g/mol. The van der Waals surface area contributed by atoms with E-state index in [1.54, 1.807) is 11.3 Å². The van der Waals surface area contributed by atoms with E-state index in [0.29, 0.717) is 28.9 Å². The molecule has 4 fully saturated rings. The number of hydrogen-bond acceptors (Lipinski definition) is 6. The number of aryl methyl sites for hydroxylation is 3. The van der Waals surface area contributed by atoms with Crippen LogP contribution < -0.4 is 4.90 Å². The number of carbonyl (C=O) groups excluding carboxylic acids is 3. The van der Waals surface area contributed by atoms with Gasteiger partial charge in [-0.05, 0) is 137 Å². The van der Waals surface area contributed by atoms with Gasteiger partial charge in [-0.1, -0.05) is 64.0 Å². The summed E-state index contributed by atoms with van der Waals surface area (Å²) in [4.78, 5) is 51.9. The Morgan fingerprint density at radius 1 is 0.898 bits per heavy atom. The summed E-state index contributed by atoms with van der Waals surface area (Å²) in [6.07, 6.45) is 14.0. The van der Waals surface area contributed by atoms with Gasteiger partial charge in [0.15, 0.2) is 16.7 Å². The highest BCUT2D eigenvalue weighted by atomic mass is 32.1. The minimum Gasteiger partial charge on any atom is -0.348 e. The molecule has 1 aromatic carbocycles. The molecule has 5 aliphatic carbocycles. The Bertz CT molecular complexity index is 1630. The smallest absolute Gasteiger partial charge is 0.186 e. The van der Waals surface area contributed by atoms with Gasteiger partial charge in [0.2, 0.25) is 0 Å². The van der Waals surface area contributed by atoms with Crippen LogP contribution in [0.1, 0.15) is 127 Å². The van der Waals surface area contributed by atoms with E-state index in [9.17, 15) is 14.4 Å². The molecule has 0 amide bonds. The summed E-state index contributed by atoms with van der Waals surface area (Å²) in [5.41, 5.74) is 7.26. The molecule has 2 unspecified atom stereocenters. The van der Waals surface area contributed by atoms with Crippen molar-refractivity contribution in [1.82, 2.24) is 4.98 Å². The molecule has 5 nitrogen and oxygen atoms in total. The van der Waals surface area contributed by atoms with E-state index < -0.39 is 11.8 Å². The average Bonchev–Trinajstić information content (AvgIpc) is 3.47. The minimum absolute atomic E-state index is 0.164. The van der Waals surface area contributed by atoms with E-state index in [4.69, 9.17) is 4.98 Å². The Kier molecular flexibility index (Phi) is 10.6. The first kappa shape index (κ1) is 35.9. The number of carbonyl (C=O) groups is 3. The maximum absolute atomic E-state index is 14.7. The zero-order chi connectivity index (χ0) is 35.2. The number of Topliss-reactive ketones (excluding diaryl/α,β-unsaturated/α-hetero) is 3. The maximum Gasteiger partial charge on any atom is 0.186 e. The highest BCUT2D eigenvalue weighted by molar-refractivity contribution is 7.17. The third-order valence-corrected chi connectivity index (χ3v) is 13.7. The van der Waals surface area contributed by atoms with Crippen LogP contribution in [0.15, 0.2) is 28.9 Å². The third-order valence-electron chi connectivity index (χ3n) is 12.6. The standard InChI is InChI=1S/C43H58N2O3S/c1-9-12-14-45(15-13-10-2)42-44-38(36-25(4)16-30(11-3)17-26(36)5)35(49-42)21-34-27(6)28(7)39(46)37(40(34)47)29(8)41(48)43-22-31-18-32(23-43)20-33(19-31)24-43/h16-17,21,29,31-33,37H,9-15,18-20,22-24H2,1-8H3/b34-21-. The summed E-state index contributed by atoms with van der Waals surface area (Å²) in [6.45, 7) is 18.5. The number of benzene rings is 1. The first-order valence-electron chi connectivity index (χ1n) is 19.3. The fraction of sp³-hybridized carbons (Fsp3) is 0.628. The van der Waals surface area contributed by atoms with Crippen molar-refractivity contribution in [3.05, 3.63) is 50.4 Å². The zero-order valence-corrected chi connectivity index (χ0v) is 32.2. The number of allylic oxidation sites excluding steroid dienone is 3. The molecule has 0 radical (unpaired) electrons. The summed E-state index contributed by atoms with van der Waals surface area (Å²) < 4.78 is 0. The van der Waals surface area contributed by atoms with E-state index in [2.05, 4.69) is 51.7 Å². The highest BCUT2D eigenvalue weighted by Gasteiger charge is 2.57. The van der Waals surface area contributed by atoms with Gasteiger partial charge in [-0.25, -0.2) is 4.98 Å². The number of aromatic nitrogens is 1. The monoisotopic (exact) mass is 682 g/mol. The molecule has 0 saturated heterocycles. The molecule has 4 bridgehead atoms. The summed E-state index contributed by atoms with van der Waals surface area (Å²) in [7, 11) is 0. The van der Waals surface area contributed by atoms with Gasteiger partial charge < -0.3 is 4.90 Å². The molecule has 0 aliphatic heterocycles. The molecule has 1 heterocycles. The van der Waals surface area contributed by atoms with Crippen LogP contribution in [0.2, 0.25) is 0 Å². The molecule has 264 valence electrons. The van der Waals surface area contributed by atoms with Gasteiger partial charge in [-0.3, -0.25) is 14.4 Å². The van der Waals surface area contributed by atoms with Crippen LogP contribution in [0.25, 0.3) is 17.3 Å². The first-order chi connectivity index (χ1) is 23.4. The minimum atomic E-state index is -0.954. The summed E-state index contributed by atoms with van der Waals surface area (Å²) >= 11 is 1.66. The normalized spacial score (nSPS) is 27.8. The predicted octanol–water partition coefficient (Wildman–Crippen LogP) is 10.3. The Morgan fingerprint density at radius 3 is 1.96 bits per heavy atom. The number of nitrogens with zero attached hydrogens (tertiary/aromatic N) is 2. The van der Waals surface area contributed by atoms with Crippen molar-refractivity contribution in [2.24, 2.45) is 35.0 Å². The Hall–Kier alpha value is -2.86. The van der Waals surface area contributed by atoms with Gasteiger partial charge in [-0.15, -0.1) is 0 Å². The number of unbranched alkanes of at least 4 members (excludes halogenated alkanes) is 2. The molecule has 7 rings (SSSR count). The second kappa shape index (κ2) is 14.4. The number of ketones is 3. The number of hydrogen-bond donors (Lipinski definition) is 0. The SMILES string of the molecule is CCCCN(CCCC)c1nc(-c2c(C)cc(CC)cc2C)c(/C=C2\C(=O)C(C(C)C(=O)C34CC5CC(CC(C5)C3)C4)C(=O)C(C)=C2C)s1. The molecule has 2 aromatic rings. The van der Waals surface area contributed by atoms with Gasteiger partial charge in [-0.2, -0.15) is 0 Å². The molecular formula is C43H58N2O3S. The third kappa shape index (κ3) is 6.68. The van der Waals surface area contributed by atoms with Crippen molar-refractivity contribution in [1.29, 1.82) is 0 Å². The van der Waals surface area contributed by atoms with E-state index in [1.807, 2.05) is 26.8 Å². The van der Waals surface area contributed by atoms with Crippen LogP contribution in [-0.4, -0.2) is 35.4 Å². The zero-order valence-electron chi connectivity index (χ0n) is 31.3. The van der Waals surface area contributed by atoms with Gasteiger partial charge >= 0.3 is 0 Å². The van der Waals surface area contributed by atoms with Gasteiger partial charge in [0.05, 0.1) is 16.5 Å². The van der Waals surface area contributed by atoms with Crippen LogP contribution in [-0.2, 0) is 20.8 Å². The molecule has 0 N–H and O–H groups in total. The van der Waals surface area contributed by atoms with Crippen LogP contribution in [0.4, 0.5) is 5.13 Å². The van der Waals surface area contributed by atoms with Crippen LogP contribution in [0.5, 0.6) is 0 Å². The fourth-order valence-corrected chi connectivity index (χ4v) is 11.3. The van der Waals surface area contributed by atoms with Gasteiger partial charge in [0.1, 0.15) is 5.78 Å². The lowest BCUT2D eigenvalue weighted by atomic mass is 9.47. The lowest BCUT2D eigenvalue weighted by molar-refractivity contribution is -0.152. The van der Waals surface area contributed by atoms with E-state index in [0.717, 1.165) is 91.3 Å². The molecule has 5 aliphatic rings. The van der Waals surface area contributed by atoms with Crippen molar-refractivity contribution in [3.63, 3.8) is 0 Å². The second-order valence-corrected chi connectivity index (χ2v) is 17.2. The van der Waals surface area contributed by atoms with Gasteiger partial charge in [0.25, 0.3) is 0 Å². The predicted molar refractivity (Wildman–Crippen MR) is 203 cm³/mol.